The lowest BCUT2D eigenvalue weighted by atomic mass is 10.2. The number of halogens is 3. The van der Waals surface area contributed by atoms with Gasteiger partial charge in [-0.2, -0.15) is 0 Å². The van der Waals surface area contributed by atoms with Crippen LogP contribution in [0.4, 0.5) is 4.39 Å². The first-order chi connectivity index (χ1) is 8.60. The smallest absolute Gasteiger partial charge is 0.141 e. The Morgan fingerprint density at radius 1 is 1.06 bits per heavy atom. The van der Waals surface area contributed by atoms with Crippen LogP contribution in [0.15, 0.2) is 45.3 Å². The Morgan fingerprint density at radius 3 is 2.44 bits per heavy atom. The topological polar surface area (TPSA) is 35.2 Å². The summed E-state index contributed by atoms with van der Waals surface area (Å²) >= 11 is 6.67. The van der Waals surface area contributed by atoms with Crippen molar-refractivity contribution in [3.63, 3.8) is 0 Å². The van der Waals surface area contributed by atoms with E-state index in [9.17, 15) is 4.39 Å². The Balaban J connectivity index is 2.26. The summed E-state index contributed by atoms with van der Waals surface area (Å²) < 4.78 is 20.1. The van der Waals surface area contributed by atoms with E-state index in [1.807, 2.05) is 18.2 Å². The van der Waals surface area contributed by atoms with Crippen LogP contribution in [0.5, 0.6) is 11.5 Å². The van der Waals surface area contributed by atoms with Crippen molar-refractivity contribution in [2.75, 3.05) is 0 Å². The summed E-state index contributed by atoms with van der Waals surface area (Å²) in [6.07, 6.45) is 0. The Labute approximate surface area is 121 Å². The third-order valence-electron chi connectivity index (χ3n) is 2.37. The Kier molecular flexibility index (Phi) is 4.37. The van der Waals surface area contributed by atoms with E-state index >= 15 is 0 Å². The highest BCUT2D eigenvalue weighted by Crippen LogP contribution is 2.32. The normalized spacial score (nSPS) is 10.4. The molecule has 0 aromatic heterocycles. The first kappa shape index (κ1) is 13.5. The van der Waals surface area contributed by atoms with Crippen LogP contribution >= 0.6 is 31.9 Å². The molecular formula is C13H10Br2FNO. The molecule has 0 radical (unpaired) electrons. The largest absolute Gasteiger partial charge is 0.456 e. The molecule has 0 saturated heterocycles. The second-order valence-electron chi connectivity index (χ2n) is 3.63. The highest BCUT2D eigenvalue weighted by Gasteiger charge is 2.06. The number of benzene rings is 2. The second kappa shape index (κ2) is 5.82. The summed E-state index contributed by atoms with van der Waals surface area (Å²) in [6, 6.07) is 9.82. The van der Waals surface area contributed by atoms with Gasteiger partial charge in [-0.1, -0.05) is 22.0 Å². The summed E-state index contributed by atoms with van der Waals surface area (Å²) in [4.78, 5) is 0. The molecule has 94 valence electrons. The predicted octanol–water partition coefficient (Wildman–Crippen LogP) is 4.60. The Morgan fingerprint density at radius 2 is 1.83 bits per heavy atom. The minimum Gasteiger partial charge on any atom is -0.456 e. The van der Waals surface area contributed by atoms with Crippen molar-refractivity contribution in [2.45, 2.75) is 6.54 Å². The van der Waals surface area contributed by atoms with E-state index < -0.39 is 0 Å². The molecule has 0 spiro atoms. The van der Waals surface area contributed by atoms with Crippen LogP contribution in [0.2, 0.25) is 0 Å². The fourth-order valence-corrected chi connectivity index (χ4v) is 2.39. The Hall–Kier alpha value is -0.910. The van der Waals surface area contributed by atoms with E-state index in [2.05, 4.69) is 31.9 Å². The zero-order valence-electron chi connectivity index (χ0n) is 9.29. The fourth-order valence-electron chi connectivity index (χ4n) is 1.44. The minimum atomic E-state index is -0.311. The van der Waals surface area contributed by atoms with Gasteiger partial charge in [0.2, 0.25) is 0 Å². The maximum absolute atomic E-state index is 12.9. The monoisotopic (exact) mass is 373 g/mol. The molecule has 0 aliphatic carbocycles. The van der Waals surface area contributed by atoms with Crippen molar-refractivity contribution < 1.29 is 9.13 Å². The number of nitrogens with two attached hydrogens (primary N) is 1. The van der Waals surface area contributed by atoms with Crippen LogP contribution in [-0.2, 0) is 6.54 Å². The van der Waals surface area contributed by atoms with Gasteiger partial charge in [0.25, 0.3) is 0 Å². The third-order valence-corrected chi connectivity index (χ3v) is 3.72. The lowest BCUT2D eigenvalue weighted by Crippen LogP contribution is -1.97. The average molecular weight is 375 g/mol. The quantitative estimate of drug-likeness (QED) is 0.851. The van der Waals surface area contributed by atoms with Crippen LogP contribution in [-0.4, -0.2) is 0 Å². The number of ether oxygens (including phenoxy) is 1. The van der Waals surface area contributed by atoms with Crippen LogP contribution < -0.4 is 10.5 Å². The van der Waals surface area contributed by atoms with E-state index in [1.165, 1.54) is 12.1 Å². The van der Waals surface area contributed by atoms with Crippen molar-refractivity contribution >= 4 is 31.9 Å². The van der Waals surface area contributed by atoms with Crippen molar-refractivity contribution in [1.29, 1.82) is 0 Å². The van der Waals surface area contributed by atoms with E-state index in [0.717, 1.165) is 10.0 Å². The molecule has 2 nitrogen and oxygen atoms in total. The fraction of sp³-hybridized carbons (Fsp3) is 0.0769. The van der Waals surface area contributed by atoms with E-state index in [0.29, 0.717) is 22.5 Å². The molecule has 0 aliphatic heterocycles. The Bertz CT molecular complexity index is 575. The van der Waals surface area contributed by atoms with Gasteiger partial charge in [-0.25, -0.2) is 4.39 Å². The molecule has 18 heavy (non-hydrogen) atoms. The first-order valence-corrected chi connectivity index (χ1v) is 6.80. The molecule has 0 bridgehead atoms. The molecule has 2 aromatic carbocycles. The van der Waals surface area contributed by atoms with Gasteiger partial charge in [-0.3, -0.25) is 0 Å². The van der Waals surface area contributed by atoms with Crippen LogP contribution in [0.1, 0.15) is 5.56 Å². The van der Waals surface area contributed by atoms with Gasteiger partial charge < -0.3 is 10.5 Å². The third kappa shape index (κ3) is 3.10. The summed E-state index contributed by atoms with van der Waals surface area (Å²) in [5.41, 5.74) is 6.57. The average Bonchev–Trinajstić information content (AvgIpc) is 2.33. The standard InChI is InChI=1S/C13H10Br2FNO/c14-11-6-10(3-1-8(11)7-17)18-13-4-2-9(16)5-12(13)15/h1-6H,7,17H2. The highest BCUT2D eigenvalue weighted by molar-refractivity contribution is 9.10. The zero-order valence-corrected chi connectivity index (χ0v) is 12.5. The van der Waals surface area contributed by atoms with E-state index in [1.54, 1.807) is 6.07 Å². The lowest BCUT2D eigenvalue weighted by molar-refractivity contribution is 0.476. The molecule has 0 atom stereocenters. The predicted molar refractivity (Wildman–Crippen MR) is 76.2 cm³/mol. The van der Waals surface area contributed by atoms with E-state index in [4.69, 9.17) is 10.5 Å². The molecule has 0 aliphatic rings. The van der Waals surface area contributed by atoms with Crippen molar-refractivity contribution in [3.05, 3.63) is 56.7 Å². The molecule has 0 fully saturated rings. The second-order valence-corrected chi connectivity index (χ2v) is 5.34. The van der Waals surface area contributed by atoms with Gasteiger partial charge >= 0.3 is 0 Å². The molecule has 5 heteroatoms. The molecule has 2 N–H and O–H groups in total. The number of hydrogen-bond acceptors (Lipinski definition) is 2. The van der Waals surface area contributed by atoms with Crippen LogP contribution in [0, 0.1) is 5.82 Å². The minimum absolute atomic E-state index is 0.311. The summed E-state index contributed by atoms with van der Waals surface area (Å²) in [6.45, 7) is 0.459. The molecule has 2 rings (SSSR count). The molecule has 2 aromatic rings. The first-order valence-electron chi connectivity index (χ1n) is 5.21. The molecule has 0 unspecified atom stereocenters. The van der Waals surface area contributed by atoms with Gasteiger partial charge in [0.1, 0.15) is 17.3 Å². The van der Waals surface area contributed by atoms with E-state index in [-0.39, 0.29) is 5.82 Å². The van der Waals surface area contributed by atoms with Crippen molar-refractivity contribution in [2.24, 2.45) is 5.73 Å². The van der Waals surface area contributed by atoms with Crippen LogP contribution in [0.25, 0.3) is 0 Å². The van der Waals surface area contributed by atoms with Crippen LogP contribution in [0.3, 0.4) is 0 Å². The van der Waals surface area contributed by atoms with Crippen molar-refractivity contribution in [1.82, 2.24) is 0 Å². The van der Waals surface area contributed by atoms with Gasteiger partial charge in [0.05, 0.1) is 4.47 Å². The molecular weight excluding hydrogens is 365 g/mol. The summed E-state index contributed by atoms with van der Waals surface area (Å²) in [7, 11) is 0. The molecule has 0 saturated carbocycles. The SMILES string of the molecule is NCc1ccc(Oc2ccc(F)cc2Br)cc1Br. The van der Waals surface area contributed by atoms with Gasteiger partial charge in [-0.05, 0) is 51.8 Å². The van der Waals surface area contributed by atoms with Gasteiger partial charge in [0.15, 0.2) is 0 Å². The van der Waals surface area contributed by atoms with Gasteiger partial charge in [0, 0.05) is 11.0 Å². The zero-order chi connectivity index (χ0) is 13.1. The maximum atomic E-state index is 12.9. The maximum Gasteiger partial charge on any atom is 0.141 e. The highest BCUT2D eigenvalue weighted by atomic mass is 79.9. The number of rotatable bonds is 3. The number of hydrogen-bond donors (Lipinski definition) is 1. The van der Waals surface area contributed by atoms with Crippen molar-refractivity contribution in [3.8, 4) is 11.5 Å². The molecule has 0 amide bonds. The summed E-state index contributed by atoms with van der Waals surface area (Å²) in [5.74, 6) is 0.907. The lowest BCUT2D eigenvalue weighted by Gasteiger charge is -2.09. The molecule has 0 heterocycles. The summed E-state index contributed by atoms with van der Waals surface area (Å²) in [5, 5.41) is 0. The van der Waals surface area contributed by atoms with Gasteiger partial charge in [-0.15, -0.1) is 0 Å².